The molecule has 1 aromatic heterocycles. The number of sulfonamides is 1. The van der Waals surface area contributed by atoms with Gasteiger partial charge in [0.25, 0.3) is 15.9 Å². The molecule has 0 fully saturated rings. The lowest BCUT2D eigenvalue weighted by Crippen LogP contribution is -2.28. The van der Waals surface area contributed by atoms with Crippen molar-refractivity contribution in [3.63, 3.8) is 0 Å². The van der Waals surface area contributed by atoms with E-state index in [-0.39, 0.29) is 16.4 Å². The number of nitrogens with zero attached hydrogens (tertiary/aromatic N) is 2. The smallest absolute Gasteiger partial charge is 0.262 e. The number of para-hydroxylation sites is 2. The van der Waals surface area contributed by atoms with Gasteiger partial charge in [0, 0.05) is 24.3 Å². The Morgan fingerprint density at radius 2 is 1.70 bits per heavy atom. The third kappa shape index (κ3) is 4.90. The fourth-order valence-corrected chi connectivity index (χ4v) is 5.05. The van der Waals surface area contributed by atoms with Crippen LogP contribution in [-0.4, -0.2) is 30.4 Å². The number of imidazole rings is 1. The Kier molecular flexibility index (Phi) is 6.20. The zero-order valence-electron chi connectivity index (χ0n) is 18.8. The van der Waals surface area contributed by atoms with Crippen molar-refractivity contribution >= 4 is 32.7 Å². The van der Waals surface area contributed by atoms with Gasteiger partial charge in [0.1, 0.15) is 5.82 Å². The Bertz CT molecular complexity index is 1420. The second kappa shape index (κ2) is 9.07. The van der Waals surface area contributed by atoms with E-state index in [1.165, 1.54) is 6.07 Å². The van der Waals surface area contributed by atoms with E-state index in [9.17, 15) is 13.2 Å². The first-order valence-electron chi connectivity index (χ1n) is 10.6. The van der Waals surface area contributed by atoms with Crippen molar-refractivity contribution in [2.75, 3.05) is 11.3 Å². The molecule has 0 saturated carbocycles. The number of anilines is 1. The van der Waals surface area contributed by atoms with Crippen LogP contribution in [0, 0.1) is 20.8 Å². The Morgan fingerprint density at radius 1 is 0.970 bits per heavy atom. The molecule has 7 nitrogen and oxygen atoms in total. The van der Waals surface area contributed by atoms with E-state index in [0.717, 1.165) is 22.4 Å². The number of amides is 1. The number of carbonyl (C=O) groups excluding carboxylic acids is 1. The standard InChI is InChI=1S/C25H26N4O3S/c1-17-8-12-21(13-9-17)28-33(31,32)24-16-20(11-10-18(24)2)25(30)26-14-15-29-19(3)27-22-6-4-5-7-23(22)29/h4-13,16,28H,14-15H2,1-3H3,(H,26,30). The zero-order chi connectivity index (χ0) is 23.6. The first-order chi connectivity index (χ1) is 15.7. The van der Waals surface area contributed by atoms with Gasteiger partial charge in [0.2, 0.25) is 0 Å². The summed E-state index contributed by atoms with van der Waals surface area (Å²) in [6.07, 6.45) is 0. The summed E-state index contributed by atoms with van der Waals surface area (Å²) in [4.78, 5) is 17.4. The van der Waals surface area contributed by atoms with Crippen molar-refractivity contribution in [1.82, 2.24) is 14.9 Å². The van der Waals surface area contributed by atoms with E-state index >= 15 is 0 Å². The topological polar surface area (TPSA) is 93.1 Å². The third-order valence-corrected chi connectivity index (χ3v) is 7.03. The summed E-state index contributed by atoms with van der Waals surface area (Å²) in [5.41, 5.74) is 4.28. The van der Waals surface area contributed by atoms with Crippen LogP contribution in [0.15, 0.2) is 71.6 Å². The van der Waals surface area contributed by atoms with E-state index in [1.54, 1.807) is 31.2 Å². The summed E-state index contributed by atoms with van der Waals surface area (Å²) in [6.45, 7) is 6.51. The van der Waals surface area contributed by atoms with Crippen LogP contribution in [0.25, 0.3) is 11.0 Å². The number of rotatable bonds is 7. The van der Waals surface area contributed by atoms with Crippen molar-refractivity contribution in [3.05, 3.63) is 89.2 Å². The largest absolute Gasteiger partial charge is 0.350 e. The Morgan fingerprint density at radius 3 is 2.45 bits per heavy atom. The molecule has 0 aliphatic heterocycles. The number of hydrogen-bond acceptors (Lipinski definition) is 4. The van der Waals surface area contributed by atoms with Crippen molar-refractivity contribution in [2.24, 2.45) is 0 Å². The quantitative estimate of drug-likeness (QED) is 0.431. The number of nitrogens with one attached hydrogen (secondary N) is 2. The van der Waals surface area contributed by atoms with Gasteiger partial charge >= 0.3 is 0 Å². The maximum absolute atomic E-state index is 13.0. The van der Waals surface area contributed by atoms with Crippen molar-refractivity contribution < 1.29 is 13.2 Å². The van der Waals surface area contributed by atoms with Gasteiger partial charge in [0.15, 0.2) is 0 Å². The fourth-order valence-electron chi connectivity index (χ4n) is 3.72. The van der Waals surface area contributed by atoms with Gasteiger partial charge in [-0.25, -0.2) is 13.4 Å². The van der Waals surface area contributed by atoms with Gasteiger partial charge in [0.05, 0.1) is 15.9 Å². The summed E-state index contributed by atoms with van der Waals surface area (Å²) >= 11 is 0. The molecule has 2 N–H and O–H groups in total. The molecule has 4 rings (SSSR count). The minimum Gasteiger partial charge on any atom is -0.350 e. The summed E-state index contributed by atoms with van der Waals surface area (Å²) < 4.78 is 30.6. The Hall–Kier alpha value is -3.65. The Labute approximate surface area is 193 Å². The molecule has 170 valence electrons. The average molecular weight is 463 g/mol. The highest BCUT2D eigenvalue weighted by atomic mass is 32.2. The Balaban J connectivity index is 1.48. The molecule has 3 aromatic carbocycles. The van der Waals surface area contributed by atoms with Gasteiger partial charge < -0.3 is 9.88 Å². The van der Waals surface area contributed by atoms with Gasteiger partial charge in [-0.15, -0.1) is 0 Å². The molecule has 8 heteroatoms. The molecule has 4 aromatic rings. The second-order valence-corrected chi connectivity index (χ2v) is 9.66. The third-order valence-electron chi connectivity index (χ3n) is 5.51. The SMILES string of the molecule is Cc1ccc(NS(=O)(=O)c2cc(C(=O)NCCn3c(C)nc4ccccc43)ccc2C)cc1. The predicted octanol–water partition coefficient (Wildman–Crippen LogP) is 4.19. The molecule has 1 heterocycles. The molecular weight excluding hydrogens is 436 g/mol. The van der Waals surface area contributed by atoms with Crippen molar-refractivity contribution in [2.45, 2.75) is 32.2 Å². The summed E-state index contributed by atoms with van der Waals surface area (Å²) in [5, 5.41) is 2.88. The number of carbonyl (C=O) groups is 1. The van der Waals surface area contributed by atoms with Gasteiger partial charge in [-0.05, 0) is 62.7 Å². The van der Waals surface area contributed by atoms with Crippen LogP contribution >= 0.6 is 0 Å². The highest BCUT2D eigenvalue weighted by molar-refractivity contribution is 7.92. The number of aryl methyl sites for hydroxylation is 3. The van der Waals surface area contributed by atoms with E-state index in [4.69, 9.17) is 0 Å². The first kappa shape index (κ1) is 22.5. The van der Waals surface area contributed by atoms with Crippen LogP contribution in [0.5, 0.6) is 0 Å². The molecule has 33 heavy (non-hydrogen) atoms. The molecule has 0 spiro atoms. The molecular formula is C25H26N4O3S. The van der Waals surface area contributed by atoms with Gasteiger partial charge in [-0.2, -0.15) is 0 Å². The molecule has 0 bridgehead atoms. The summed E-state index contributed by atoms with van der Waals surface area (Å²) in [5.74, 6) is 0.542. The maximum Gasteiger partial charge on any atom is 0.262 e. The van der Waals surface area contributed by atoms with E-state index in [1.807, 2.05) is 54.8 Å². The van der Waals surface area contributed by atoms with E-state index in [0.29, 0.717) is 24.3 Å². The predicted molar refractivity (Wildman–Crippen MR) is 130 cm³/mol. The highest BCUT2D eigenvalue weighted by Crippen LogP contribution is 2.21. The lowest BCUT2D eigenvalue weighted by molar-refractivity contribution is 0.0952. The molecule has 0 unspecified atom stereocenters. The fraction of sp³-hybridized carbons (Fsp3) is 0.200. The number of fused-ring (bicyclic) bond motifs is 1. The van der Waals surface area contributed by atoms with Crippen molar-refractivity contribution in [1.29, 1.82) is 0 Å². The zero-order valence-corrected chi connectivity index (χ0v) is 19.6. The lowest BCUT2D eigenvalue weighted by atomic mass is 10.1. The molecule has 1 amide bonds. The first-order valence-corrected chi connectivity index (χ1v) is 12.1. The average Bonchev–Trinajstić information content (AvgIpc) is 3.10. The lowest BCUT2D eigenvalue weighted by Gasteiger charge is -2.13. The van der Waals surface area contributed by atoms with E-state index < -0.39 is 10.0 Å². The van der Waals surface area contributed by atoms with Crippen LogP contribution in [0.1, 0.15) is 27.3 Å². The van der Waals surface area contributed by atoms with Crippen LogP contribution in [0.4, 0.5) is 5.69 Å². The highest BCUT2D eigenvalue weighted by Gasteiger charge is 2.19. The molecule has 0 saturated heterocycles. The van der Waals surface area contributed by atoms with Crippen LogP contribution < -0.4 is 10.0 Å². The summed E-state index contributed by atoms with van der Waals surface area (Å²) in [6, 6.07) is 19.6. The van der Waals surface area contributed by atoms with Crippen LogP contribution in [0.3, 0.4) is 0 Å². The number of aromatic nitrogens is 2. The monoisotopic (exact) mass is 462 g/mol. The molecule has 0 aliphatic carbocycles. The minimum atomic E-state index is -3.84. The minimum absolute atomic E-state index is 0.0761. The van der Waals surface area contributed by atoms with Gasteiger partial charge in [-0.3, -0.25) is 9.52 Å². The second-order valence-electron chi connectivity index (χ2n) is 8.01. The number of benzene rings is 3. The van der Waals surface area contributed by atoms with Crippen molar-refractivity contribution in [3.8, 4) is 0 Å². The molecule has 0 radical (unpaired) electrons. The van der Waals surface area contributed by atoms with Crippen LogP contribution in [-0.2, 0) is 16.6 Å². The van der Waals surface area contributed by atoms with Gasteiger partial charge in [-0.1, -0.05) is 35.9 Å². The normalized spacial score (nSPS) is 11.5. The maximum atomic E-state index is 13.0. The van der Waals surface area contributed by atoms with Crippen LogP contribution in [0.2, 0.25) is 0 Å². The van der Waals surface area contributed by atoms with E-state index in [2.05, 4.69) is 15.0 Å². The molecule has 0 atom stereocenters. The molecule has 0 aliphatic rings. The number of hydrogen-bond donors (Lipinski definition) is 2. The summed E-state index contributed by atoms with van der Waals surface area (Å²) in [7, 11) is -3.84.